The molecule has 0 saturated heterocycles. The van der Waals surface area contributed by atoms with Crippen molar-refractivity contribution >= 4 is 11.3 Å². The first kappa shape index (κ1) is 12.3. The van der Waals surface area contributed by atoms with E-state index in [0.717, 1.165) is 24.6 Å². The van der Waals surface area contributed by atoms with Gasteiger partial charge < -0.3 is 9.88 Å². The third-order valence-electron chi connectivity index (χ3n) is 2.54. The molecule has 0 radical (unpaired) electrons. The molecule has 0 aliphatic heterocycles. The lowest BCUT2D eigenvalue weighted by molar-refractivity contribution is 0.446. The van der Waals surface area contributed by atoms with E-state index in [4.69, 9.17) is 0 Å². The fourth-order valence-electron chi connectivity index (χ4n) is 1.75. The van der Waals surface area contributed by atoms with Gasteiger partial charge in [0.05, 0.1) is 11.3 Å². The molecule has 2 rings (SSSR count). The van der Waals surface area contributed by atoms with Crippen LogP contribution in [0.3, 0.4) is 0 Å². The van der Waals surface area contributed by atoms with Crippen LogP contribution in [0.5, 0.6) is 0 Å². The first-order valence-corrected chi connectivity index (χ1v) is 6.63. The fourth-order valence-corrected chi connectivity index (χ4v) is 2.51. The summed E-state index contributed by atoms with van der Waals surface area (Å²) < 4.78 is 2.11. The molecule has 92 valence electrons. The summed E-state index contributed by atoms with van der Waals surface area (Å²) >= 11 is 1.76. The number of thiazole rings is 1. The van der Waals surface area contributed by atoms with Crippen LogP contribution < -0.4 is 5.32 Å². The number of aromatic nitrogens is 3. The van der Waals surface area contributed by atoms with Crippen LogP contribution in [-0.4, -0.2) is 21.1 Å². The van der Waals surface area contributed by atoms with Gasteiger partial charge in [-0.3, -0.25) is 0 Å². The summed E-state index contributed by atoms with van der Waals surface area (Å²) in [6, 6.07) is 0. The molecule has 0 amide bonds. The van der Waals surface area contributed by atoms with Gasteiger partial charge in [-0.05, 0) is 19.4 Å². The Morgan fingerprint density at radius 2 is 2.41 bits per heavy atom. The predicted octanol–water partition coefficient (Wildman–Crippen LogP) is 2.07. The Bertz CT molecular complexity index is 435. The molecular weight excluding hydrogens is 232 g/mol. The molecule has 5 heteroatoms. The van der Waals surface area contributed by atoms with E-state index in [1.807, 2.05) is 31.8 Å². The van der Waals surface area contributed by atoms with Crippen molar-refractivity contribution in [1.29, 1.82) is 0 Å². The number of hydrogen-bond acceptors (Lipinski definition) is 4. The quantitative estimate of drug-likeness (QED) is 0.853. The number of nitrogens with zero attached hydrogens (tertiary/aromatic N) is 3. The highest BCUT2D eigenvalue weighted by molar-refractivity contribution is 7.11. The van der Waals surface area contributed by atoms with Crippen LogP contribution in [0.2, 0.25) is 0 Å². The van der Waals surface area contributed by atoms with E-state index in [9.17, 15) is 0 Å². The number of aryl methyl sites for hydroxylation is 1. The maximum Gasteiger partial charge on any atom is 0.0946 e. The Balaban J connectivity index is 1.68. The smallest absolute Gasteiger partial charge is 0.0946 e. The first-order chi connectivity index (χ1) is 8.24. The van der Waals surface area contributed by atoms with Gasteiger partial charge in [0, 0.05) is 36.6 Å². The van der Waals surface area contributed by atoms with Crippen LogP contribution in [0.15, 0.2) is 24.9 Å². The minimum absolute atomic E-state index is 0.596. The molecule has 2 aromatic rings. The average Bonchev–Trinajstić information content (AvgIpc) is 2.90. The van der Waals surface area contributed by atoms with Crippen LogP contribution in [0.1, 0.15) is 16.8 Å². The lowest BCUT2D eigenvalue weighted by Gasteiger charge is -2.12. The van der Waals surface area contributed by atoms with E-state index < -0.39 is 0 Å². The molecule has 1 unspecified atom stereocenters. The van der Waals surface area contributed by atoms with Crippen molar-refractivity contribution < 1.29 is 0 Å². The molecule has 0 saturated carbocycles. The summed E-state index contributed by atoms with van der Waals surface area (Å²) in [5.74, 6) is 0.596. The standard InChI is InChI=1S/C12H18N4S/c1-10(8-16-4-3-13-9-16)5-14-6-12-7-15-11(2)17-12/h3-4,7,9-10,14H,5-6,8H2,1-2H3. The molecular formula is C12H18N4S. The van der Waals surface area contributed by atoms with E-state index in [1.165, 1.54) is 4.88 Å². The third kappa shape index (κ3) is 3.94. The molecule has 2 aromatic heterocycles. The normalized spacial score (nSPS) is 12.8. The van der Waals surface area contributed by atoms with Crippen LogP contribution >= 0.6 is 11.3 Å². The van der Waals surface area contributed by atoms with Gasteiger partial charge in [-0.15, -0.1) is 11.3 Å². The second-order valence-corrected chi connectivity index (χ2v) is 5.66. The zero-order valence-corrected chi connectivity index (χ0v) is 11.1. The SMILES string of the molecule is Cc1ncc(CNCC(C)Cn2ccnc2)s1. The lowest BCUT2D eigenvalue weighted by atomic mass is 10.2. The van der Waals surface area contributed by atoms with Gasteiger partial charge in [-0.1, -0.05) is 6.92 Å². The van der Waals surface area contributed by atoms with Gasteiger partial charge in [-0.2, -0.15) is 0 Å². The second-order valence-electron chi connectivity index (χ2n) is 4.34. The summed E-state index contributed by atoms with van der Waals surface area (Å²) in [6.45, 7) is 7.21. The molecule has 1 atom stereocenters. The van der Waals surface area contributed by atoms with Crippen molar-refractivity contribution in [1.82, 2.24) is 19.9 Å². The van der Waals surface area contributed by atoms with E-state index in [1.54, 1.807) is 11.3 Å². The minimum atomic E-state index is 0.596. The Hall–Kier alpha value is -1.20. The summed E-state index contributed by atoms with van der Waals surface area (Å²) in [5, 5.41) is 4.60. The summed E-state index contributed by atoms with van der Waals surface area (Å²) in [7, 11) is 0. The summed E-state index contributed by atoms with van der Waals surface area (Å²) in [5.41, 5.74) is 0. The molecule has 0 aromatic carbocycles. The Kier molecular flexibility index (Phi) is 4.28. The Labute approximate surface area is 106 Å². The minimum Gasteiger partial charge on any atom is -0.337 e. The molecule has 0 aliphatic carbocycles. The number of imidazole rings is 1. The lowest BCUT2D eigenvalue weighted by Crippen LogP contribution is -2.23. The Morgan fingerprint density at radius 3 is 3.06 bits per heavy atom. The average molecular weight is 250 g/mol. The predicted molar refractivity (Wildman–Crippen MR) is 69.9 cm³/mol. The highest BCUT2D eigenvalue weighted by Gasteiger charge is 2.03. The highest BCUT2D eigenvalue weighted by Crippen LogP contribution is 2.10. The van der Waals surface area contributed by atoms with Crippen molar-refractivity contribution in [2.75, 3.05) is 6.54 Å². The summed E-state index contributed by atoms with van der Waals surface area (Å²) in [4.78, 5) is 9.59. The molecule has 0 spiro atoms. The van der Waals surface area contributed by atoms with Gasteiger partial charge in [0.1, 0.15) is 0 Å². The van der Waals surface area contributed by atoms with Gasteiger partial charge in [0.25, 0.3) is 0 Å². The molecule has 1 N–H and O–H groups in total. The van der Waals surface area contributed by atoms with Gasteiger partial charge in [-0.25, -0.2) is 9.97 Å². The number of rotatable bonds is 6. The van der Waals surface area contributed by atoms with Crippen molar-refractivity contribution in [3.05, 3.63) is 34.8 Å². The largest absolute Gasteiger partial charge is 0.337 e. The van der Waals surface area contributed by atoms with E-state index in [-0.39, 0.29) is 0 Å². The van der Waals surface area contributed by atoms with Crippen molar-refractivity contribution in [2.45, 2.75) is 26.9 Å². The van der Waals surface area contributed by atoms with Crippen LogP contribution in [0.4, 0.5) is 0 Å². The maximum atomic E-state index is 4.24. The Morgan fingerprint density at radius 1 is 1.53 bits per heavy atom. The van der Waals surface area contributed by atoms with Crippen LogP contribution in [0, 0.1) is 12.8 Å². The van der Waals surface area contributed by atoms with Gasteiger partial charge in [0.15, 0.2) is 0 Å². The number of hydrogen-bond donors (Lipinski definition) is 1. The molecule has 4 nitrogen and oxygen atoms in total. The van der Waals surface area contributed by atoms with E-state index in [0.29, 0.717) is 5.92 Å². The van der Waals surface area contributed by atoms with Gasteiger partial charge >= 0.3 is 0 Å². The molecule has 2 heterocycles. The fraction of sp³-hybridized carbons (Fsp3) is 0.500. The van der Waals surface area contributed by atoms with Crippen LogP contribution in [-0.2, 0) is 13.1 Å². The van der Waals surface area contributed by atoms with Crippen molar-refractivity contribution in [3.63, 3.8) is 0 Å². The van der Waals surface area contributed by atoms with E-state index in [2.05, 4.69) is 26.8 Å². The molecule has 17 heavy (non-hydrogen) atoms. The van der Waals surface area contributed by atoms with Crippen molar-refractivity contribution in [3.8, 4) is 0 Å². The third-order valence-corrected chi connectivity index (χ3v) is 3.46. The maximum absolute atomic E-state index is 4.24. The number of nitrogens with one attached hydrogen (secondary N) is 1. The first-order valence-electron chi connectivity index (χ1n) is 5.82. The molecule has 0 aliphatic rings. The van der Waals surface area contributed by atoms with Gasteiger partial charge in [0.2, 0.25) is 0 Å². The van der Waals surface area contributed by atoms with Crippen molar-refractivity contribution in [2.24, 2.45) is 5.92 Å². The topological polar surface area (TPSA) is 42.7 Å². The zero-order valence-electron chi connectivity index (χ0n) is 10.3. The zero-order chi connectivity index (χ0) is 12.1. The van der Waals surface area contributed by atoms with Crippen LogP contribution in [0.25, 0.3) is 0 Å². The van der Waals surface area contributed by atoms with E-state index >= 15 is 0 Å². The summed E-state index contributed by atoms with van der Waals surface area (Å²) in [6.07, 6.45) is 7.64. The highest BCUT2D eigenvalue weighted by atomic mass is 32.1. The molecule has 0 bridgehead atoms. The monoisotopic (exact) mass is 250 g/mol. The second kappa shape index (κ2) is 5.93. The molecule has 0 fully saturated rings.